The molecule has 0 aromatic heterocycles. The summed E-state index contributed by atoms with van der Waals surface area (Å²) < 4.78 is 24.9. The number of hydrogen-bond donors (Lipinski definition) is 1. The van der Waals surface area contributed by atoms with Gasteiger partial charge >= 0.3 is 0 Å². The predicted octanol–water partition coefficient (Wildman–Crippen LogP) is 3.20. The molecule has 60 valence electrons. The lowest BCUT2D eigenvalue weighted by Crippen LogP contribution is -1.85. The van der Waals surface area contributed by atoms with Crippen LogP contribution in [-0.4, -0.2) is 5.11 Å². The van der Waals surface area contributed by atoms with E-state index >= 15 is 0 Å². The van der Waals surface area contributed by atoms with E-state index in [1.165, 1.54) is 0 Å². The third-order valence-corrected chi connectivity index (χ3v) is 2.56. The Labute approximate surface area is 78.3 Å². The standard InChI is InChI=1S/C6H2Br2F2O/c7-4-2(9)1-3(11)5(8)6(4)10/h1,11H. The zero-order chi connectivity index (χ0) is 8.59. The number of benzene rings is 1. The quantitative estimate of drug-likeness (QED) is 0.574. The first-order valence-electron chi connectivity index (χ1n) is 2.56. The van der Waals surface area contributed by atoms with Crippen molar-refractivity contribution >= 4 is 31.9 Å². The number of rotatable bonds is 0. The molecule has 1 rings (SSSR count). The molecule has 0 radical (unpaired) electrons. The lowest BCUT2D eigenvalue weighted by atomic mass is 10.3. The summed E-state index contributed by atoms with van der Waals surface area (Å²) in [7, 11) is 0. The average molecular weight is 288 g/mol. The van der Waals surface area contributed by atoms with Gasteiger partial charge in [0.25, 0.3) is 0 Å². The highest BCUT2D eigenvalue weighted by Crippen LogP contribution is 2.33. The molecular weight excluding hydrogens is 286 g/mol. The van der Waals surface area contributed by atoms with E-state index < -0.39 is 17.4 Å². The van der Waals surface area contributed by atoms with Crippen LogP contribution < -0.4 is 0 Å². The minimum Gasteiger partial charge on any atom is -0.507 e. The second-order valence-corrected chi connectivity index (χ2v) is 3.41. The van der Waals surface area contributed by atoms with E-state index in [2.05, 4.69) is 31.9 Å². The SMILES string of the molecule is Oc1cc(F)c(Br)c(F)c1Br. The van der Waals surface area contributed by atoms with Crippen LogP contribution in [0.4, 0.5) is 8.78 Å². The fraction of sp³-hybridized carbons (Fsp3) is 0. The van der Waals surface area contributed by atoms with Crippen molar-refractivity contribution in [3.63, 3.8) is 0 Å². The summed E-state index contributed by atoms with van der Waals surface area (Å²) in [5.74, 6) is -2.13. The van der Waals surface area contributed by atoms with Crippen LogP contribution in [0.25, 0.3) is 0 Å². The molecule has 0 atom stereocenters. The molecule has 0 aliphatic heterocycles. The van der Waals surface area contributed by atoms with Crippen LogP contribution in [0.2, 0.25) is 0 Å². The summed E-state index contributed by atoms with van der Waals surface area (Å²) in [4.78, 5) is 0. The van der Waals surface area contributed by atoms with Crippen molar-refractivity contribution in [2.24, 2.45) is 0 Å². The fourth-order valence-corrected chi connectivity index (χ4v) is 1.45. The molecule has 1 nitrogen and oxygen atoms in total. The second kappa shape index (κ2) is 3.06. The summed E-state index contributed by atoms with van der Waals surface area (Å²) in [6.07, 6.45) is 0. The molecule has 1 aromatic rings. The number of halogens is 4. The molecule has 0 fully saturated rings. The minimum atomic E-state index is -0.845. The van der Waals surface area contributed by atoms with E-state index in [1.54, 1.807) is 0 Å². The summed E-state index contributed by atoms with van der Waals surface area (Å²) in [6.45, 7) is 0. The normalized spacial score (nSPS) is 10.2. The van der Waals surface area contributed by atoms with Gasteiger partial charge in [-0.15, -0.1) is 0 Å². The molecule has 0 spiro atoms. The van der Waals surface area contributed by atoms with Gasteiger partial charge in [0.05, 0.1) is 8.95 Å². The van der Waals surface area contributed by atoms with E-state index in [4.69, 9.17) is 5.11 Å². The maximum Gasteiger partial charge on any atom is 0.158 e. The summed E-state index contributed by atoms with van der Waals surface area (Å²) in [6, 6.07) is 0.817. The average Bonchev–Trinajstić information content (AvgIpc) is 1.97. The van der Waals surface area contributed by atoms with Gasteiger partial charge in [0.1, 0.15) is 11.6 Å². The van der Waals surface area contributed by atoms with Crippen LogP contribution in [-0.2, 0) is 0 Å². The van der Waals surface area contributed by atoms with Crippen molar-refractivity contribution in [3.8, 4) is 5.75 Å². The van der Waals surface area contributed by atoms with Gasteiger partial charge in [0.15, 0.2) is 5.82 Å². The van der Waals surface area contributed by atoms with Gasteiger partial charge in [-0.1, -0.05) is 0 Å². The van der Waals surface area contributed by atoms with E-state index in [-0.39, 0.29) is 8.95 Å². The first-order chi connectivity index (χ1) is 5.04. The zero-order valence-corrected chi connectivity index (χ0v) is 8.21. The largest absolute Gasteiger partial charge is 0.507 e. The Morgan fingerprint density at radius 2 is 1.73 bits per heavy atom. The number of aromatic hydroxyl groups is 1. The number of hydrogen-bond acceptors (Lipinski definition) is 1. The molecule has 0 saturated heterocycles. The predicted molar refractivity (Wildman–Crippen MR) is 43.4 cm³/mol. The van der Waals surface area contributed by atoms with Crippen LogP contribution in [0.5, 0.6) is 5.75 Å². The van der Waals surface area contributed by atoms with E-state index in [9.17, 15) is 8.78 Å². The Morgan fingerprint density at radius 1 is 1.18 bits per heavy atom. The van der Waals surface area contributed by atoms with Gasteiger partial charge in [0, 0.05) is 6.07 Å². The van der Waals surface area contributed by atoms with Crippen LogP contribution in [0.15, 0.2) is 15.0 Å². The Hall–Kier alpha value is -0.160. The van der Waals surface area contributed by atoms with E-state index in [0.29, 0.717) is 0 Å². The third kappa shape index (κ3) is 1.54. The van der Waals surface area contributed by atoms with Crippen molar-refractivity contribution in [2.75, 3.05) is 0 Å². The maximum absolute atomic E-state index is 12.8. The van der Waals surface area contributed by atoms with Gasteiger partial charge in [-0.2, -0.15) is 0 Å². The smallest absolute Gasteiger partial charge is 0.158 e. The van der Waals surface area contributed by atoms with Crippen molar-refractivity contribution in [1.82, 2.24) is 0 Å². The second-order valence-electron chi connectivity index (χ2n) is 1.82. The Balaban J connectivity index is 3.46. The molecule has 1 aromatic carbocycles. The number of phenolic OH excluding ortho intramolecular Hbond substituents is 1. The lowest BCUT2D eigenvalue weighted by Gasteiger charge is -2.01. The van der Waals surface area contributed by atoms with Crippen molar-refractivity contribution in [1.29, 1.82) is 0 Å². The Bertz CT molecular complexity index is 275. The molecule has 0 unspecified atom stereocenters. The van der Waals surface area contributed by atoms with E-state index in [1.807, 2.05) is 0 Å². The van der Waals surface area contributed by atoms with Gasteiger partial charge < -0.3 is 5.11 Å². The summed E-state index contributed by atoms with van der Waals surface area (Å²) in [5.41, 5.74) is 0. The highest BCUT2D eigenvalue weighted by Gasteiger charge is 2.13. The molecule has 0 bridgehead atoms. The molecule has 0 amide bonds. The zero-order valence-electron chi connectivity index (χ0n) is 5.04. The maximum atomic E-state index is 12.8. The van der Waals surface area contributed by atoms with Gasteiger partial charge in [0.2, 0.25) is 0 Å². The van der Waals surface area contributed by atoms with Gasteiger partial charge in [-0.25, -0.2) is 8.78 Å². The first kappa shape index (κ1) is 8.93. The minimum absolute atomic E-state index is 0.147. The van der Waals surface area contributed by atoms with Crippen molar-refractivity contribution in [2.45, 2.75) is 0 Å². The topological polar surface area (TPSA) is 20.2 Å². The van der Waals surface area contributed by atoms with Crippen LogP contribution in [0.3, 0.4) is 0 Å². The fourth-order valence-electron chi connectivity index (χ4n) is 0.560. The highest BCUT2D eigenvalue weighted by atomic mass is 79.9. The molecular formula is C6H2Br2F2O. The summed E-state index contributed by atoms with van der Waals surface area (Å²) in [5, 5.41) is 8.86. The van der Waals surface area contributed by atoms with E-state index in [0.717, 1.165) is 6.07 Å². The van der Waals surface area contributed by atoms with Crippen LogP contribution in [0, 0.1) is 11.6 Å². The Morgan fingerprint density at radius 3 is 2.27 bits per heavy atom. The molecule has 5 heteroatoms. The molecule has 0 aliphatic rings. The first-order valence-corrected chi connectivity index (χ1v) is 4.14. The molecule has 1 N–H and O–H groups in total. The van der Waals surface area contributed by atoms with Crippen LogP contribution in [0.1, 0.15) is 0 Å². The molecule has 0 saturated carbocycles. The molecule has 0 aliphatic carbocycles. The summed E-state index contributed by atoms with van der Waals surface area (Å²) >= 11 is 5.42. The van der Waals surface area contributed by atoms with Gasteiger partial charge in [-0.3, -0.25) is 0 Å². The van der Waals surface area contributed by atoms with Gasteiger partial charge in [-0.05, 0) is 31.9 Å². The van der Waals surface area contributed by atoms with Crippen LogP contribution >= 0.6 is 31.9 Å². The van der Waals surface area contributed by atoms with Crippen molar-refractivity contribution < 1.29 is 13.9 Å². The van der Waals surface area contributed by atoms with Crippen molar-refractivity contribution in [3.05, 3.63) is 26.6 Å². The number of phenols is 1. The molecule has 11 heavy (non-hydrogen) atoms. The Kier molecular flexibility index (Phi) is 2.49. The third-order valence-electron chi connectivity index (χ3n) is 1.08. The lowest BCUT2D eigenvalue weighted by molar-refractivity contribution is 0.453. The molecule has 0 heterocycles. The highest BCUT2D eigenvalue weighted by molar-refractivity contribution is 9.11. The monoisotopic (exact) mass is 286 g/mol.